The fraction of sp³-hybridized carbons (Fsp3) is 0.650. The molecule has 0 aliphatic carbocycles. The first kappa shape index (κ1) is 19.1. The topological polar surface area (TPSA) is 36.0 Å². The van der Waals surface area contributed by atoms with Crippen molar-refractivity contribution in [2.75, 3.05) is 51.2 Å². The smallest absolute Gasteiger partial charge is 0.253 e. The predicted molar refractivity (Wildman–Crippen MR) is 101 cm³/mol. The molecule has 6 heteroatoms. The molecule has 2 aliphatic heterocycles. The Kier molecular flexibility index (Phi) is 6.14. The Hall–Kier alpha value is -1.66. The van der Waals surface area contributed by atoms with E-state index >= 15 is 0 Å². The van der Waals surface area contributed by atoms with Gasteiger partial charge in [0.1, 0.15) is 5.82 Å². The van der Waals surface area contributed by atoms with Crippen molar-refractivity contribution < 1.29 is 13.9 Å². The number of carbonyl (C=O) groups is 1. The lowest BCUT2D eigenvalue weighted by atomic mass is 10.1. The largest absolute Gasteiger partial charge is 0.373 e. The van der Waals surface area contributed by atoms with Crippen LogP contribution in [0.15, 0.2) is 18.2 Å². The third kappa shape index (κ3) is 4.54. The van der Waals surface area contributed by atoms with Gasteiger partial charge in [0, 0.05) is 51.9 Å². The van der Waals surface area contributed by atoms with Crippen molar-refractivity contribution in [1.29, 1.82) is 0 Å². The number of carbonyl (C=O) groups excluding carboxylic acids is 1. The van der Waals surface area contributed by atoms with E-state index in [1.807, 2.05) is 4.90 Å². The number of nitrogens with zero attached hydrogens (tertiary/aromatic N) is 3. The molecule has 3 rings (SSSR count). The summed E-state index contributed by atoms with van der Waals surface area (Å²) in [6.45, 7) is 9.10. The number of hydrogen-bond donors (Lipinski definition) is 0. The molecule has 1 aromatic carbocycles. The maximum absolute atomic E-state index is 14.5. The van der Waals surface area contributed by atoms with Gasteiger partial charge in [-0.1, -0.05) is 0 Å². The average molecular weight is 363 g/mol. The number of rotatable bonds is 5. The van der Waals surface area contributed by atoms with E-state index in [9.17, 15) is 9.18 Å². The molecule has 144 valence electrons. The highest BCUT2D eigenvalue weighted by atomic mass is 19.1. The standard InChI is InChI=1S/C20H30FN3O2/c1-15-13-23(14-16(2)26-15)11-10-22(3)20(25)17-6-7-19(18(21)12-17)24-8-4-5-9-24/h6-7,12,15-16H,4-5,8-11,13-14H2,1-3H3/t15-,16+. The molecule has 1 amide bonds. The van der Waals surface area contributed by atoms with Crippen LogP contribution in [0.1, 0.15) is 37.0 Å². The summed E-state index contributed by atoms with van der Waals surface area (Å²) in [5.74, 6) is -0.437. The first-order chi connectivity index (χ1) is 12.4. The summed E-state index contributed by atoms with van der Waals surface area (Å²) in [5.41, 5.74) is 1.02. The molecule has 0 radical (unpaired) electrons. The summed E-state index contributed by atoms with van der Waals surface area (Å²) in [7, 11) is 1.78. The molecule has 2 aliphatic rings. The lowest BCUT2D eigenvalue weighted by Gasteiger charge is -2.36. The zero-order valence-corrected chi connectivity index (χ0v) is 16.1. The Bertz CT molecular complexity index is 623. The molecule has 2 atom stereocenters. The minimum Gasteiger partial charge on any atom is -0.373 e. The van der Waals surface area contributed by atoms with Crippen molar-refractivity contribution in [2.45, 2.75) is 38.9 Å². The number of benzene rings is 1. The molecule has 0 bridgehead atoms. The van der Waals surface area contributed by atoms with Crippen LogP contribution in [0.2, 0.25) is 0 Å². The number of ether oxygens (including phenoxy) is 1. The van der Waals surface area contributed by atoms with Gasteiger partial charge in [-0.25, -0.2) is 4.39 Å². The lowest BCUT2D eigenvalue weighted by molar-refractivity contribution is -0.0685. The van der Waals surface area contributed by atoms with E-state index < -0.39 is 0 Å². The number of anilines is 1. The normalized spacial score (nSPS) is 24.1. The third-order valence-electron chi connectivity index (χ3n) is 5.23. The van der Waals surface area contributed by atoms with Gasteiger partial charge in [-0.3, -0.25) is 9.69 Å². The van der Waals surface area contributed by atoms with Gasteiger partial charge in [-0.2, -0.15) is 0 Å². The van der Waals surface area contributed by atoms with Gasteiger partial charge in [0.15, 0.2) is 0 Å². The van der Waals surface area contributed by atoms with Gasteiger partial charge in [0.2, 0.25) is 0 Å². The van der Waals surface area contributed by atoms with Gasteiger partial charge >= 0.3 is 0 Å². The minimum absolute atomic E-state index is 0.133. The highest BCUT2D eigenvalue weighted by Gasteiger charge is 2.23. The Balaban J connectivity index is 1.57. The third-order valence-corrected chi connectivity index (χ3v) is 5.23. The molecule has 0 aromatic heterocycles. The van der Waals surface area contributed by atoms with Crippen molar-refractivity contribution in [3.05, 3.63) is 29.6 Å². The summed E-state index contributed by atoms with van der Waals surface area (Å²) < 4.78 is 20.2. The molecule has 2 heterocycles. The SMILES string of the molecule is C[C@@H]1CN(CCN(C)C(=O)c2ccc(N3CCCC3)c(F)c2)C[C@H](C)O1. The van der Waals surface area contributed by atoms with Crippen LogP contribution < -0.4 is 4.90 Å². The summed E-state index contributed by atoms with van der Waals surface area (Å²) >= 11 is 0. The van der Waals surface area contributed by atoms with Crippen LogP contribution in [-0.4, -0.2) is 74.2 Å². The van der Waals surface area contributed by atoms with E-state index in [0.717, 1.165) is 45.6 Å². The van der Waals surface area contributed by atoms with Crippen LogP contribution in [0, 0.1) is 5.82 Å². The zero-order chi connectivity index (χ0) is 18.7. The minimum atomic E-state index is -0.304. The molecule has 0 spiro atoms. The molecule has 26 heavy (non-hydrogen) atoms. The van der Waals surface area contributed by atoms with E-state index in [1.165, 1.54) is 6.07 Å². The first-order valence-electron chi connectivity index (χ1n) is 9.62. The zero-order valence-electron chi connectivity index (χ0n) is 16.1. The van der Waals surface area contributed by atoms with E-state index in [4.69, 9.17) is 4.74 Å². The van der Waals surface area contributed by atoms with Gasteiger partial charge in [-0.15, -0.1) is 0 Å². The van der Waals surface area contributed by atoms with Gasteiger partial charge in [0.25, 0.3) is 5.91 Å². The molecule has 2 saturated heterocycles. The van der Waals surface area contributed by atoms with Crippen molar-refractivity contribution in [3.8, 4) is 0 Å². The second-order valence-corrected chi connectivity index (χ2v) is 7.60. The molecule has 5 nitrogen and oxygen atoms in total. The highest BCUT2D eigenvalue weighted by Crippen LogP contribution is 2.24. The Morgan fingerprint density at radius 2 is 1.88 bits per heavy atom. The quantitative estimate of drug-likeness (QED) is 0.806. The van der Waals surface area contributed by atoms with Crippen LogP contribution in [0.3, 0.4) is 0 Å². The molecule has 2 fully saturated rings. The molecule has 0 saturated carbocycles. The fourth-order valence-electron chi connectivity index (χ4n) is 3.93. The molecular weight excluding hydrogens is 333 g/mol. The van der Waals surface area contributed by atoms with E-state index in [1.54, 1.807) is 24.1 Å². The average Bonchev–Trinajstić information content (AvgIpc) is 3.12. The fourth-order valence-corrected chi connectivity index (χ4v) is 3.93. The van der Waals surface area contributed by atoms with Gasteiger partial charge in [-0.05, 0) is 44.9 Å². The van der Waals surface area contributed by atoms with Gasteiger partial charge < -0.3 is 14.5 Å². The Morgan fingerprint density at radius 1 is 1.23 bits per heavy atom. The number of morpholine rings is 1. The lowest BCUT2D eigenvalue weighted by Crippen LogP contribution is -2.48. The second-order valence-electron chi connectivity index (χ2n) is 7.60. The van der Waals surface area contributed by atoms with Crippen LogP contribution in [0.5, 0.6) is 0 Å². The maximum Gasteiger partial charge on any atom is 0.253 e. The summed E-state index contributed by atoms with van der Waals surface area (Å²) in [6, 6.07) is 4.87. The number of halogens is 1. The van der Waals surface area contributed by atoms with E-state index in [0.29, 0.717) is 17.8 Å². The second kappa shape index (κ2) is 8.35. The van der Waals surface area contributed by atoms with E-state index in [-0.39, 0.29) is 23.9 Å². The monoisotopic (exact) mass is 363 g/mol. The van der Waals surface area contributed by atoms with Crippen LogP contribution >= 0.6 is 0 Å². The van der Waals surface area contributed by atoms with Crippen molar-refractivity contribution in [2.24, 2.45) is 0 Å². The van der Waals surface area contributed by atoms with Crippen LogP contribution in [0.25, 0.3) is 0 Å². The highest BCUT2D eigenvalue weighted by molar-refractivity contribution is 5.94. The molecule has 0 N–H and O–H groups in total. The molecule has 0 unspecified atom stereocenters. The van der Waals surface area contributed by atoms with Crippen LogP contribution in [0.4, 0.5) is 10.1 Å². The predicted octanol–water partition coefficient (Wildman–Crippen LogP) is 2.61. The summed E-state index contributed by atoms with van der Waals surface area (Å²) in [4.78, 5) is 18.7. The van der Waals surface area contributed by atoms with E-state index in [2.05, 4.69) is 18.7 Å². The Labute approximate surface area is 155 Å². The van der Waals surface area contributed by atoms with Crippen molar-refractivity contribution in [3.63, 3.8) is 0 Å². The molecular formula is C20H30FN3O2. The van der Waals surface area contributed by atoms with Crippen molar-refractivity contribution in [1.82, 2.24) is 9.80 Å². The molecule has 1 aromatic rings. The number of likely N-dealkylation sites (N-methyl/N-ethyl adjacent to an activating group) is 1. The maximum atomic E-state index is 14.5. The van der Waals surface area contributed by atoms with Crippen molar-refractivity contribution >= 4 is 11.6 Å². The number of hydrogen-bond acceptors (Lipinski definition) is 4. The summed E-state index contributed by atoms with van der Waals surface area (Å²) in [5, 5.41) is 0. The van der Waals surface area contributed by atoms with Gasteiger partial charge in [0.05, 0.1) is 17.9 Å². The van der Waals surface area contributed by atoms with Crippen LogP contribution in [-0.2, 0) is 4.74 Å². The number of amides is 1. The summed E-state index contributed by atoms with van der Waals surface area (Å²) in [6.07, 6.45) is 2.63. The Morgan fingerprint density at radius 3 is 2.50 bits per heavy atom. The first-order valence-corrected chi connectivity index (χ1v) is 9.62.